The Morgan fingerprint density at radius 3 is 2.88 bits per heavy atom. The van der Waals surface area contributed by atoms with E-state index in [-0.39, 0.29) is 0 Å². The Kier molecular flexibility index (Phi) is 6.16. The predicted molar refractivity (Wildman–Crippen MR) is 68.5 cm³/mol. The molecule has 3 heteroatoms. The van der Waals surface area contributed by atoms with E-state index in [0.717, 1.165) is 13.0 Å². The summed E-state index contributed by atoms with van der Waals surface area (Å²) in [5.41, 5.74) is 1.34. The van der Waals surface area contributed by atoms with E-state index in [9.17, 15) is 0 Å². The SMILES string of the molecule is CCCNC(C)CCCCc1ccnn1C. The molecule has 0 radical (unpaired) electrons. The third-order valence-electron chi connectivity index (χ3n) is 2.99. The van der Waals surface area contributed by atoms with Crippen molar-refractivity contribution in [3.8, 4) is 0 Å². The molecule has 16 heavy (non-hydrogen) atoms. The van der Waals surface area contributed by atoms with E-state index in [0.29, 0.717) is 6.04 Å². The van der Waals surface area contributed by atoms with E-state index in [2.05, 4.69) is 30.3 Å². The molecule has 92 valence electrons. The smallest absolute Gasteiger partial charge is 0.0492 e. The molecule has 0 saturated heterocycles. The van der Waals surface area contributed by atoms with Crippen molar-refractivity contribution in [2.45, 2.75) is 52.0 Å². The molecule has 0 saturated carbocycles. The molecule has 0 amide bonds. The average molecular weight is 223 g/mol. The van der Waals surface area contributed by atoms with E-state index in [1.54, 1.807) is 0 Å². The first-order valence-corrected chi connectivity index (χ1v) is 6.44. The Morgan fingerprint density at radius 1 is 1.44 bits per heavy atom. The lowest BCUT2D eigenvalue weighted by Gasteiger charge is -2.12. The summed E-state index contributed by atoms with van der Waals surface area (Å²) in [5.74, 6) is 0. The first-order chi connectivity index (χ1) is 7.74. The second-order valence-electron chi connectivity index (χ2n) is 4.55. The van der Waals surface area contributed by atoms with Crippen LogP contribution in [0.15, 0.2) is 12.3 Å². The fourth-order valence-electron chi connectivity index (χ4n) is 1.90. The van der Waals surface area contributed by atoms with Gasteiger partial charge in [0.25, 0.3) is 0 Å². The minimum Gasteiger partial charge on any atom is -0.314 e. The largest absolute Gasteiger partial charge is 0.314 e. The van der Waals surface area contributed by atoms with Gasteiger partial charge < -0.3 is 5.32 Å². The molecule has 0 spiro atoms. The number of hydrogen-bond donors (Lipinski definition) is 1. The highest BCUT2D eigenvalue weighted by atomic mass is 15.2. The van der Waals surface area contributed by atoms with E-state index in [1.165, 1.54) is 31.4 Å². The molecular formula is C13H25N3. The zero-order valence-corrected chi connectivity index (χ0v) is 10.9. The second kappa shape index (κ2) is 7.44. The third kappa shape index (κ3) is 4.79. The maximum Gasteiger partial charge on any atom is 0.0492 e. The molecule has 1 heterocycles. The third-order valence-corrected chi connectivity index (χ3v) is 2.99. The first kappa shape index (κ1) is 13.2. The van der Waals surface area contributed by atoms with Crippen LogP contribution in [0.2, 0.25) is 0 Å². The number of nitrogens with one attached hydrogen (secondary N) is 1. The van der Waals surface area contributed by atoms with Crippen LogP contribution in [0.3, 0.4) is 0 Å². The van der Waals surface area contributed by atoms with Gasteiger partial charge in [0.05, 0.1) is 0 Å². The Bertz CT molecular complexity index is 280. The van der Waals surface area contributed by atoms with Crippen molar-refractivity contribution in [2.75, 3.05) is 6.54 Å². The van der Waals surface area contributed by atoms with Gasteiger partial charge in [-0.1, -0.05) is 13.3 Å². The van der Waals surface area contributed by atoms with Crippen LogP contribution < -0.4 is 5.32 Å². The van der Waals surface area contributed by atoms with Crippen LogP contribution in [0.25, 0.3) is 0 Å². The molecule has 1 rings (SSSR count). The van der Waals surface area contributed by atoms with Gasteiger partial charge in [0, 0.05) is 25.0 Å². The molecule has 1 N–H and O–H groups in total. The number of rotatable bonds is 8. The van der Waals surface area contributed by atoms with Crippen LogP contribution in [-0.2, 0) is 13.5 Å². The molecule has 0 fully saturated rings. The van der Waals surface area contributed by atoms with Crippen molar-refractivity contribution in [3.63, 3.8) is 0 Å². The Balaban J connectivity index is 2.06. The summed E-state index contributed by atoms with van der Waals surface area (Å²) in [6.45, 7) is 5.63. The van der Waals surface area contributed by atoms with Crippen molar-refractivity contribution in [2.24, 2.45) is 7.05 Å². The van der Waals surface area contributed by atoms with Crippen LogP contribution in [0.4, 0.5) is 0 Å². The zero-order valence-electron chi connectivity index (χ0n) is 10.9. The Hall–Kier alpha value is -0.830. The quantitative estimate of drug-likeness (QED) is 0.686. The van der Waals surface area contributed by atoms with Gasteiger partial charge in [-0.15, -0.1) is 0 Å². The first-order valence-electron chi connectivity index (χ1n) is 6.44. The number of nitrogens with zero attached hydrogens (tertiary/aromatic N) is 2. The summed E-state index contributed by atoms with van der Waals surface area (Å²) in [7, 11) is 2.01. The van der Waals surface area contributed by atoms with Gasteiger partial charge in [-0.25, -0.2) is 0 Å². The molecule has 3 nitrogen and oxygen atoms in total. The minimum atomic E-state index is 0.659. The summed E-state index contributed by atoms with van der Waals surface area (Å²) in [4.78, 5) is 0. The summed E-state index contributed by atoms with van der Waals surface area (Å²) < 4.78 is 1.97. The van der Waals surface area contributed by atoms with Crippen LogP contribution in [0.5, 0.6) is 0 Å². The molecule has 1 unspecified atom stereocenters. The summed E-state index contributed by atoms with van der Waals surface area (Å²) in [6.07, 6.45) is 8.08. The minimum absolute atomic E-state index is 0.659. The lowest BCUT2D eigenvalue weighted by atomic mass is 10.1. The van der Waals surface area contributed by atoms with Gasteiger partial charge in [-0.3, -0.25) is 4.68 Å². The van der Waals surface area contributed by atoms with Crippen molar-refractivity contribution in [1.82, 2.24) is 15.1 Å². The highest BCUT2D eigenvalue weighted by Crippen LogP contribution is 2.06. The van der Waals surface area contributed by atoms with Crippen molar-refractivity contribution >= 4 is 0 Å². The van der Waals surface area contributed by atoms with E-state index in [1.807, 2.05) is 17.9 Å². The van der Waals surface area contributed by atoms with Crippen molar-refractivity contribution < 1.29 is 0 Å². The molecule has 1 aromatic rings. The number of unbranched alkanes of at least 4 members (excludes halogenated alkanes) is 1. The molecule has 0 aliphatic heterocycles. The molecule has 0 aliphatic carbocycles. The van der Waals surface area contributed by atoms with Gasteiger partial charge in [-0.2, -0.15) is 5.10 Å². The molecule has 0 bridgehead atoms. The lowest BCUT2D eigenvalue weighted by Crippen LogP contribution is -2.26. The monoisotopic (exact) mass is 223 g/mol. The maximum atomic E-state index is 4.18. The van der Waals surface area contributed by atoms with E-state index < -0.39 is 0 Å². The lowest BCUT2D eigenvalue weighted by molar-refractivity contribution is 0.487. The van der Waals surface area contributed by atoms with Gasteiger partial charge in [0.15, 0.2) is 0 Å². The van der Waals surface area contributed by atoms with E-state index >= 15 is 0 Å². The van der Waals surface area contributed by atoms with Crippen LogP contribution >= 0.6 is 0 Å². The summed E-state index contributed by atoms with van der Waals surface area (Å²) in [5, 5.41) is 7.70. The normalized spacial score (nSPS) is 12.9. The van der Waals surface area contributed by atoms with Gasteiger partial charge >= 0.3 is 0 Å². The fourth-order valence-corrected chi connectivity index (χ4v) is 1.90. The highest BCUT2D eigenvalue weighted by molar-refractivity contribution is 4.99. The van der Waals surface area contributed by atoms with Crippen LogP contribution in [0.1, 0.15) is 45.2 Å². The topological polar surface area (TPSA) is 29.9 Å². The fraction of sp³-hybridized carbons (Fsp3) is 0.769. The Morgan fingerprint density at radius 2 is 2.25 bits per heavy atom. The average Bonchev–Trinajstić information content (AvgIpc) is 2.67. The predicted octanol–water partition coefficient (Wildman–Crippen LogP) is 2.52. The molecule has 0 aromatic carbocycles. The number of aryl methyl sites for hydroxylation is 2. The zero-order chi connectivity index (χ0) is 11.8. The Labute approximate surface area is 99.2 Å². The number of hydrogen-bond acceptors (Lipinski definition) is 2. The van der Waals surface area contributed by atoms with Crippen molar-refractivity contribution in [3.05, 3.63) is 18.0 Å². The summed E-state index contributed by atoms with van der Waals surface area (Å²) in [6, 6.07) is 2.77. The number of aromatic nitrogens is 2. The standard InChI is InChI=1S/C13H25N3/c1-4-10-14-12(2)7-5-6-8-13-9-11-15-16(13)3/h9,11-12,14H,4-8,10H2,1-3H3. The molecule has 0 aliphatic rings. The van der Waals surface area contributed by atoms with Crippen molar-refractivity contribution in [1.29, 1.82) is 0 Å². The van der Waals surface area contributed by atoms with Gasteiger partial charge in [-0.05, 0) is 45.2 Å². The molecular weight excluding hydrogens is 198 g/mol. The second-order valence-corrected chi connectivity index (χ2v) is 4.55. The summed E-state index contributed by atoms with van der Waals surface area (Å²) >= 11 is 0. The maximum absolute atomic E-state index is 4.18. The van der Waals surface area contributed by atoms with Gasteiger partial charge in [0.1, 0.15) is 0 Å². The van der Waals surface area contributed by atoms with E-state index in [4.69, 9.17) is 0 Å². The molecule has 1 atom stereocenters. The van der Waals surface area contributed by atoms with Crippen LogP contribution in [-0.4, -0.2) is 22.4 Å². The highest BCUT2D eigenvalue weighted by Gasteiger charge is 2.01. The van der Waals surface area contributed by atoms with Gasteiger partial charge in [0.2, 0.25) is 0 Å². The molecule has 1 aromatic heterocycles. The van der Waals surface area contributed by atoms with Crippen LogP contribution in [0, 0.1) is 0 Å².